The Labute approximate surface area is 387 Å². The number of hydrogen-bond donors (Lipinski definition) is 3. The molecule has 3 N–H and O–H groups in total. The fraction of sp³-hybridized carbons (Fsp3) is 0.745. The van der Waals surface area contributed by atoms with Crippen molar-refractivity contribution >= 4 is 29.2 Å². The van der Waals surface area contributed by atoms with Crippen LogP contribution in [0, 0.1) is 35.5 Å². The first-order valence-electron chi connectivity index (χ1n) is 23.9. The number of allylic oxidation sites excluding steroid dienone is 6. The number of Topliss-reactive ketones (excluding diaryl/α,β-unsaturated/α-hetero) is 3. The summed E-state index contributed by atoms with van der Waals surface area (Å²) in [6.45, 7) is 12.7. The molecule has 2 saturated heterocycles. The Morgan fingerprint density at radius 3 is 2.25 bits per heavy atom. The zero-order chi connectivity index (χ0) is 48.2. The number of fused-ring (bicyclic) bond motifs is 3. The minimum atomic E-state index is -2.43. The Balaban J connectivity index is 1.70. The van der Waals surface area contributed by atoms with Crippen molar-refractivity contribution in [1.29, 1.82) is 0 Å². The molecule has 65 heavy (non-hydrogen) atoms. The number of esters is 1. The lowest BCUT2D eigenvalue weighted by molar-refractivity contribution is -0.265. The van der Waals surface area contributed by atoms with Gasteiger partial charge < -0.3 is 43.9 Å². The third kappa shape index (κ3) is 14.3. The SMILES string of the molecule is COC1C[C@H](C[C@@H](C)C2CC(=O)C(C)/C=C(\C)C(O)[C@@H](OC)C(=O)[C@H](C)C[C@H](C)/C=C/C=C/C=C(\C)[C@@H](OC)C[C@@H]3CC[C@@H](C)[C@@](O)(O3)C(=O)C(=O)N3CCCCC3C(=O)O2)CC[C@H]1O. The molecule has 3 aliphatic heterocycles. The van der Waals surface area contributed by atoms with Gasteiger partial charge in [-0.15, -0.1) is 0 Å². The van der Waals surface area contributed by atoms with Gasteiger partial charge in [0.05, 0.1) is 24.4 Å². The van der Waals surface area contributed by atoms with Crippen LogP contribution >= 0.6 is 0 Å². The third-order valence-electron chi connectivity index (χ3n) is 14.5. The minimum absolute atomic E-state index is 0.0193. The van der Waals surface area contributed by atoms with Crippen LogP contribution in [0.3, 0.4) is 0 Å². The first kappa shape index (κ1) is 54.2. The Hall–Kier alpha value is -3.37. The number of aliphatic hydroxyl groups excluding tert-OH is 2. The zero-order valence-electron chi connectivity index (χ0n) is 40.6. The van der Waals surface area contributed by atoms with E-state index in [9.17, 15) is 39.3 Å². The molecule has 14 heteroatoms. The summed E-state index contributed by atoms with van der Waals surface area (Å²) in [7, 11) is 4.52. The summed E-state index contributed by atoms with van der Waals surface area (Å²) in [5.74, 6) is -7.96. The molecule has 0 radical (unpaired) electrons. The maximum Gasteiger partial charge on any atom is 0.329 e. The van der Waals surface area contributed by atoms with E-state index >= 15 is 0 Å². The van der Waals surface area contributed by atoms with Gasteiger partial charge in [-0.3, -0.25) is 19.2 Å². The highest BCUT2D eigenvalue weighted by Crippen LogP contribution is 2.38. The molecule has 3 heterocycles. The summed E-state index contributed by atoms with van der Waals surface area (Å²) in [6, 6.07) is -1.14. The van der Waals surface area contributed by atoms with Gasteiger partial charge in [-0.1, -0.05) is 71.1 Å². The third-order valence-corrected chi connectivity index (χ3v) is 14.5. The van der Waals surface area contributed by atoms with Gasteiger partial charge in [0.15, 0.2) is 5.78 Å². The number of hydrogen-bond acceptors (Lipinski definition) is 13. The maximum atomic E-state index is 14.4. The standard InChI is InChI=1S/C51H79NO13/c1-30-16-12-11-13-17-31(2)42(61-8)28-38-21-19-36(7)51(60,65-38)48(57)49(58)52-23-15-14-18-39(52)50(59)64-43(33(4)26-37-20-22-40(53)44(27-37)62-9)29-41(54)32(3)25-35(6)46(56)47(63-10)45(55)34(5)24-30/h11-13,16-17,25,30,32-34,36-40,42-44,46-47,53,56,60H,14-15,18-24,26-29H2,1-10H3/b13-11+,16-12+,31-17+,35-25+/t30-,32?,33-,34-,36-,37+,38+,39?,40-,42+,43?,44?,46?,47+,51-/m1/s1. The second-order valence-electron chi connectivity index (χ2n) is 19.6. The predicted molar refractivity (Wildman–Crippen MR) is 245 cm³/mol. The van der Waals surface area contributed by atoms with Crippen molar-refractivity contribution in [1.82, 2.24) is 4.90 Å². The van der Waals surface area contributed by atoms with Crippen LogP contribution in [0.4, 0.5) is 0 Å². The Bertz CT molecular complexity index is 1760. The fourth-order valence-electron chi connectivity index (χ4n) is 10.1. The average Bonchev–Trinajstić information content (AvgIpc) is 3.28. The van der Waals surface area contributed by atoms with Crippen LogP contribution in [0.2, 0.25) is 0 Å². The summed E-state index contributed by atoms with van der Waals surface area (Å²) in [5, 5.41) is 33.8. The quantitative estimate of drug-likeness (QED) is 0.156. The monoisotopic (exact) mass is 914 g/mol. The van der Waals surface area contributed by atoms with Crippen LogP contribution in [-0.4, -0.2) is 132 Å². The molecular weight excluding hydrogens is 835 g/mol. The van der Waals surface area contributed by atoms with E-state index in [2.05, 4.69) is 0 Å². The lowest BCUT2D eigenvalue weighted by Gasteiger charge is -2.42. The Kier molecular flexibility index (Phi) is 21.0. The van der Waals surface area contributed by atoms with E-state index < -0.39 is 83.9 Å². The summed E-state index contributed by atoms with van der Waals surface area (Å²) < 4.78 is 29.4. The molecule has 3 fully saturated rings. The van der Waals surface area contributed by atoms with E-state index in [0.717, 1.165) is 12.0 Å². The van der Waals surface area contributed by atoms with Crippen LogP contribution in [0.1, 0.15) is 126 Å². The number of methoxy groups -OCH3 is 3. The van der Waals surface area contributed by atoms with Gasteiger partial charge in [-0.25, -0.2) is 4.79 Å². The highest BCUT2D eigenvalue weighted by Gasteiger charge is 2.53. The van der Waals surface area contributed by atoms with Gasteiger partial charge in [0, 0.05) is 58.5 Å². The number of ether oxygens (including phenoxy) is 5. The minimum Gasteiger partial charge on any atom is -0.460 e. The summed E-state index contributed by atoms with van der Waals surface area (Å²) in [5.41, 5.74) is 1.27. The molecule has 1 saturated carbocycles. The molecule has 4 aliphatic rings. The van der Waals surface area contributed by atoms with E-state index in [1.54, 1.807) is 41.1 Å². The van der Waals surface area contributed by atoms with E-state index in [0.29, 0.717) is 63.4 Å². The van der Waals surface area contributed by atoms with Crippen molar-refractivity contribution in [3.05, 3.63) is 47.6 Å². The number of piperidine rings is 1. The topological polar surface area (TPSA) is 195 Å². The van der Waals surface area contributed by atoms with Gasteiger partial charge in [0.25, 0.3) is 11.7 Å². The average molecular weight is 914 g/mol. The smallest absolute Gasteiger partial charge is 0.329 e. The van der Waals surface area contributed by atoms with E-state index in [1.807, 2.05) is 58.1 Å². The van der Waals surface area contributed by atoms with E-state index in [1.165, 1.54) is 12.0 Å². The predicted octanol–water partition coefficient (Wildman–Crippen LogP) is 6.18. The van der Waals surface area contributed by atoms with Crippen LogP contribution in [0.5, 0.6) is 0 Å². The van der Waals surface area contributed by atoms with E-state index in [4.69, 9.17) is 23.7 Å². The van der Waals surface area contributed by atoms with Gasteiger partial charge in [-0.05, 0) is 107 Å². The lowest BCUT2D eigenvalue weighted by atomic mass is 9.78. The van der Waals surface area contributed by atoms with Crippen molar-refractivity contribution in [3.63, 3.8) is 0 Å². The highest BCUT2D eigenvalue weighted by atomic mass is 16.6. The number of amides is 1. The number of cyclic esters (lactones) is 1. The molecule has 0 aromatic carbocycles. The van der Waals surface area contributed by atoms with E-state index in [-0.39, 0.29) is 54.8 Å². The second-order valence-corrected chi connectivity index (χ2v) is 19.6. The number of carbonyl (C=O) groups is 5. The van der Waals surface area contributed by atoms with Gasteiger partial charge in [0.1, 0.15) is 30.1 Å². The second kappa shape index (κ2) is 25.1. The molecule has 1 amide bonds. The van der Waals surface area contributed by atoms with Gasteiger partial charge >= 0.3 is 5.97 Å². The normalized spacial score (nSPS) is 40.4. The Morgan fingerprint density at radius 1 is 0.846 bits per heavy atom. The molecule has 0 aromatic heterocycles. The number of nitrogens with zero attached hydrogens (tertiary/aromatic N) is 1. The number of rotatable bonds is 6. The lowest BCUT2D eigenvalue weighted by Crippen LogP contribution is -2.61. The number of aliphatic hydroxyl groups is 3. The van der Waals surface area contributed by atoms with Gasteiger partial charge in [0.2, 0.25) is 5.79 Å². The summed E-state index contributed by atoms with van der Waals surface area (Å²) in [4.78, 5) is 71.8. The molecule has 5 unspecified atom stereocenters. The molecule has 1 aliphatic carbocycles. The van der Waals surface area contributed by atoms with Crippen LogP contribution in [-0.2, 0) is 47.7 Å². The molecule has 14 nitrogen and oxygen atoms in total. The zero-order valence-corrected chi connectivity index (χ0v) is 40.6. The summed E-state index contributed by atoms with van der Waals surface area (Å²) >= 11 is 0. The first-order valence-corrected chi connectivity index (χ1v) is 23.9. The van der Waals surface area contributed by atoms with Crippen molar-refractivity contribution in [3.8, 4) is 0 Å². The molecule has 366 valence electrons. The number of carbonyl (C=O) groups excluding carboxylic acids is 5. The molecule has 0 spiro atoms. The number of ketones is 3. The highest BCUT2D eigenvalue weighted by molar-refractivity contribution is 6.39. The molecule has 4 rings (SSSR count). The fourth-order valence-corrected chi connectivity index (χ4v) is 10.1. The van der Waals surface area contributed by atoms with Crippen molar-refractivity contribution in [2.45, 2.75) is 180 Å². The Morgan fingerprint density at radius 2 is 1.57 bits per heavy atom. The maximum absolute atomic E-state index is 14.4. The van der Waals surface area contributed by atoms with Crippen molar-refractivity contribution in [2.75, 3.05) is 27.9 Å². The van der Waals surface area contributed by atoms with Crippen LogP contribution in [0.25, 0.3) is 0 Å². The van der Waals surface area contributed by atoms with Gasteiger partial charge in [-0.2, -0.15) is 0 Å². The largest absolute Gasteiger partial charge is 0.460 e. The van der Waals surface area contributed by atoms with Crippen molar-refractivity contribution < 1.29 is 63.0 Å². The van der Waals surface area contributed by atoms with Crippen LogP contribution < -0.4 is 0 Å². The summed E-state index contributed by atoms with van der Waals surface area (Å²) in [6.07, 6.45) is 11.2. The molecule has 0 aromatic rings. The first-order chi connectivity index (χ1) is 30.7. The molecule has 15 atom stereocenters. The van der Waals surface area contributed by atoms with Crippen molar-refractivity contribution in [2.24, 2.45) is 35.5 Å². The van der Waals surface area contributed by atoms with Crippen LogP contribution in [0.15, 0.2) is 47.6 Å². The molecule has 2 bridgehead atoms. The molecular formula is C51H79NO13.